The van der Waals surface area contributed by atoms with Crippen molar-refractivity contribution in [3.8, 4) is 0 Å². The maximum absolute atomic E-state index is 12.4. The van der Waals surface area contributed by atoms with Crippen molar-refractivity contribution in [1.29, 1.82) is 0 Å². The third-order valence-corrected chi connectivity index (χ3v) is 8.79. The third kappa shape index (κ3) is 30.8. The standard InChI is InChI=1S/C34H67O8P/c1-4-6-8-10-12-14-16-17-18-19-21-23-25-27-29-34(36)42-32(31-41-43(37,38)39-3)30-40-33(35)28-26-24-22-20-15-13-11-9-7-5-2/h32H,4-31H2,1-3H3,(H,37,38). The van der Waals surface area contributed by atoms with E-state index in [1.54, 1.807) is 0 Å². The Hall–Kier alpha value is -0.950. The van der Waals surface area contributed by atoms with Crippen LogP contribution in [0.1, 0.15) is 181 Å². The van der Waals surface area contributed by atoms with Crippen molar-refractivity contribution in [3.63, 3.8) is 0 Å². The lowest BCUT2D eigenvalue weighted by Gasteiger charge is -2.19. The first-order chi connectivity index (χ1) is 20.8. The van der Waals surface area contributed by atoms with Crippen molar-refractivity contribution in [3.05, 3.63) is 0 Å². The molecule has 2 unspecified atom stereocenters. The second-order valence-corrected chi connectivity index (χ2v) is 13.6. The fourth-order valence-corrected chi connectivity index (χ4v) is 5.53. The van der Waals surface area contributed by atoms with Gasteiger partial charge in [0.25, 0.3) is 0 Å². The molecule has 0 saturated heterocycles. The lowest BCUT2D eigenvalue weighted by molar-refractivity contribution is -0.161. The zero-order valence-corrected chi connectivity index (χ0v) is 29.0. The van der Waals surface area contributed by atoms with E-state index in [1.165, 1.54) is 116 Å². The molecule has 0 saturated carbocycles. The molecule has 8 nitrogen and oxygen atoms in total. The Balaban J connectivity index is 4.05. The second kappa shape index (κ2) is 31.0. The Morgan fingerprint density at radius 2 is 0.907 bits per heavy atom. The summed E-state index contributed by atoms with van der Waals surface area (Å²) in [5, 5.41) is 0. The number of rotatable bonds is 33. The molecule has 0 aliphatic rings. The van der Waals surface area contributed by atoms with Crippen LogP contribution in [0.5, 0.6) is 0 Å². The van der Waals surface area contributed by atoms with Crippen LogP contribution in [-0.4, -0.2) is 43.3 Å². The van der Waals surface area contributed by atoms with Crippen LogP contribution in [0, 0.1) is 0 Å². The summed E-state index contributed by atoms with van der Waals surface area (Å²) in [5.41, 5.74) is 0. The van der Waals surface area contributed by atoms with E-state index in [-0.39, 0.29) is 19.0 Å². The maximum atomic E-state index is 12.4. The van der Waals surface area contributed by atoms with E-state index in [2.05, 4.69) is 18.4 Å². The van der Waals surface area contributed by atoms with Crippen molar-refractivity contribution in [2.75, 3.05) is 20.3 Å². The van der Waals surface area contributed by atoms with Gasteiger partial charge in [-0.05, 0) is 12.8 Å². The Kier molecular flexibility index (Phi) is 30.4. The Morgan fingerprint density at radius 1 is 0.558 bits per heavy atom. The maximum Gasteiger partial charge on any atom is 0.472 e. The van der Waals surface area contributed by atoms with Gasteiger partial charge in [0.15, 0.2) is 6.10 Å². The Bertz CT molecular complexity index is 687. The lowest BCUT2D eigenvalue weighted by Crippen LogP contribution is -2.29. The normalized spacial score (nSPS) is 13.5. The molecular weight excluding hydrogens is 567 g/mol. The average molecular weight is 635 g/mol. The number of hydrogen-bond donors (Lipinski definition) is 1. The molecule has 43 heavy (non-hydrogen) atoms. The SMILES string of the molecule is CCCCCCCCCCCCCCCCC(=O)OC(COC(=O)CCCCCCCCCCCC)COP(=O)(O)OC. The molecule has 0 heterocycles. The number of esters is 2. The van der Waals surface area contributed by atoms with Crippen LogP contribution in [0.2, 0.25) is 0 Å². The number of phosphoric acid groups is 1. The van der Waals surface area contributed by atoms with Crippen LogP contribution in [0.4, 0.5) is 0 Å². The predicted molar refractivity (Wildman–Crippen MR) is 175 cm³/mol. The van der Waals surface area contributed by atoms with Crippen LogP contribution in [0.15, 0.2) is 0 Å². The highest BCUT2D eigenvalue weighted by Crippen LogP contribution is 2.42. The Morgan fingerprint density at radius 3 is 1.28 bits per heavy atom. The summed E-state index contributed by atoms with van der Waals surface area (Å²) < 4.78 is 31.8. The van der Waals surface area contributed by atoms with Crippen molar-refractivity contribution in [1.82, 2.24) is 0 Å². The van der Waals surface area contributed by atoms with E-state index >= 15 is 0 Å². The monoisotopic (exact) mass is 634 g/mol. The van der Waals surface area contributed by atoms with E-state index in [4.69, 9.17) is 14.0 Å². The summed E-state index contributed by atoms with van der Waals surface area (Å²) in [7, 11) is -3.18. The summed E-state index contributed by atoms with van der Waals surface area (Å²) in [4.78, 5) is 34.2. The van der Waals surface area contributed by atoms with Gasteiger partial charge in [0.2, 0.25) is 0 Å². The molecule has 1 N–H and O–H groups in total. The summed E-state index contributed by atoms with van der Waals surface area (Å²) in [5.74, 6) is -0.796. The van der Waals surface area contributed by atoms with E-state index in [1.807, 2.05) is 0 Å². The Labute approximate surface area is 264 Å². The number of ether oxygens (including phenoxy) is 2. The van der Waals surface area contributed by atoms with Gasteiger partial charge in [-0.25, -0.2) is 4.57 Å². The molecule has 2 atom stereocenters. The van der Waals surface area contributed by atoms with Crippen LogP contribution >= 0.6 is 7.82 Å². The van der Waals surface area contributed by atoms with E-state index < -0.39 is 26.5 Å². The molecule has 0 fully saturated rings. The molecule has 0 aliphatic heterocycles. The molecule has 0 rings (SSSR count). The number of hydrogen-bond acceptors (Lipinski definition) is 7. The number of carbonyl (C=O) groups excluding carboxylic acids is 2. The van der Waals surface area contributed by atoms with Gasteiger partial charge in [-0.3, -0.25) is 18.6 Å². The van der Waals surface area contributed by atoms with Crippen LogP contribution in [-0.2, 0) is 32.7 Å². The minimum absolute atomic E-state index is 0.217. The molecule has 0 bridgehead atoms. The predicted octanol–water partition coefficient (Wildman–Crippen LogP) is 10.4. The molecule has 0 aromatic carbocycles. The van der Waals surface area contributed by atoms with Crippen molar-refractivity contribution in [2.45, 2.75) is 187 Å². The van der Waals surface area contributed by atoms with E-state index in [0.29, 0.717) is 6.42 Å². The molecular formula is C34H67O8P. The summed E-state index contributed by atoms with van der Waals surface area (Å²) in [6.45, 7) is 3.87. The molecule has 0 amide bonds. The summed E-state index contributed by atoms with van der Waals surface area (Å²) >= 11 is 0. The van der Waals surface area contributed by atoms with Gasteiger partial charge in [0, 0.05) is 20.0 Å². The number of carbonyl (C=O) groups is 2. The fourth-order valence-electron chi connectivity index (χ4n) is 5.07. The lowest BCUT2D eigenvalue weighted by atomic mass is 10.0. The highest BCUT2D eigenvalue weighted by atomic mass is 31.2. The van der Waals surface area contributed by atoms with Crippen LogP contribution < -0.4 is 0 Å². The zero-order valence-electron chi connectivity index (χ0n) is 28.1. The molecule has 0 spiro atoms. The van der Waals surface area contributed by atoms with Gasteiger partial charge < -0.3 is 14.4 Å². The van der Waals surface area contributed by atoms with Gasteiger partial charge >= 0.3 is 19.8 Å². The smallest absolute Gasteiger partial charge is 0.462 e. The summed E-state index contributed by atoms with van der Waals surface area (Å²) in [6, 6.07) is 0. The topological polar surface area (TPSA) is 108 Å². The quantitative estimate of drug-likeness (QED) is 0.0431. The number of unbranched alkanes of at least 4 members (excludes halogenated alkanes) is 22. The fraction of sp³-hybridized carbons (Fsp3) is 0.941. The van der Waals surface area contributed by atoms with Crippen molar-refractivity contribution < 1.29 is 37.6 Å². The molecule has 0 aromatic heterocycles. The molecule has 0 aromatic rings. The van der Waals surface area contributed by atoms with E-state index in [9.17, 15) is 19.0 Å². The van der Waals surface area contributed by atoms with Crippen LogP contribution in [0.3, 0.4) is 0 Å². The molecule has 0 aliphatic carbocycles. The first-order valence-electron chi connectivity index (χ1n) is 17.7. The highest BCUT2D eigenvalue weighted by Gasteiger charge is 2.24. The first kappa shape index (κ1) is 42.0. The average Bonchev–Trinajstić information content (AvgIpc) is 2.99. The second-order valence-electron chi connectivity index (χ2n) is 12.0. The van der Waals surface area contributed by atoms with Crippen molar-refractivity contribution >= 4 is 19.8 Å². The zero-order chi connectivity index (χ0) is 31.9. The third-order valence-electron chi connectivity index (χ3n) is 7.85. The molecule has 256 valence electrons. The van der Waals surface area contributed by atoms with Crippen LogP contribution in [0.25, 0.3) is 0 Å². The van der Waals surface area contributed by atoms with E-state index in [0.717, 1.165) is 45.6 Å². The van der Waals surface area contributed by atoms with Gasteiger partial charge in [-0.15, -0.1) is 0 Å². The minimum atomic E-state index is -4.24. The van der Waals surface area contributed by atoms with Crippen molar-refractivity contribution in [2.24, 2.45) is 0 Å². The van der Waals surface area contributed by atoms with Gasteiger partial charge in [-0.1, -0.05) is 155 Å². The minimum Gasteiger partial charge on any atom is -0.462 e. The van der Waals surface area contributed by atoms with Gasteiger partial charge in [0.05, 0.1) is 6.61 Å². The first-order valence-corrected chi connectivity index (χ1v) is 19.2. The highest BCUT2D eigenvalue weighted by molar-refractivity contribution is 7.47. The number of phosphoric ester groups is 1. The molecule has 9 heteroatoms. The van der Waals surface area contributed by atoms with Gasteiger partial charge in [0.1, 0.15) is 6.61 Å². The summed E-state index contributed by atoms with van der Waals surface area (Å²) in [6.07, 6.45) is 28.7. The molecule has 0 radical (unpaired) electrons. The van der Waals surface area contributed by atoms with Gasteiger partial charge in [-0.2, -0.15) is 0 Å². The largest absolute Gasteiger partial charge is 0.472 e.